The van der Waals surface area contributed by atoms with Crippen molar-refractivity contribution in [2.75, 3.05) is 6.54 Å². The van der Waals surface area contributed by atoms with Crippen LogP contribution in [-0.2, 0) is 0 Å². The zero-order chi connectivity index (χ0) is 12.8. The molecule has 0 fully saturated rings. The Morgan fingerprint density at radius 3 is 2.82 bits per heavy atom. The van der Waals surface area contributed by atoms with Crippen LogP contribution in [0.3, 0.4) is 0 Å². The normalized spacial score (nSPS) is 14.1. The average molecular weight is 238 g/mol. The van der Waals surface area contributed by atoms with Gasteiger partial charge in [-0.3, -0.25) is 9.59 Å². The third kappa shape index (κ3) is 4.40. The van der Waals surface area contributed by atoms with Crippen LogP contribution in [0.25, 0.3) is 0 Å². The van der Waals surface area contributed by atoms with Gasteiger partial charge in [0.15, 0.2) is 0 Å². The molecule has 1 rings (SSSR count). The van der Waals surface area contributed by atoms with Crippen LogP contribution >= 0.6 is 0 Å². The third-order valence-electron chi connectivity index (χ3n) is 2.42. The monoisotopic (exact) mass is 238 g/mol. The van der Waals surface area contributed by atoms with Gasteiger partial charge < -0.3 is 15.4 Å². The van der Waals surface area contributed by atoms with E-state index in [2.05, 4.69) is 10.3 Å². The molecule has 0 aliphatic heterocycles. The summed E-state index contributed by atoms with van der Waals surface area (Å²) in [4.78, 5) is 25.4. The molecule has 1 heterocycles. The lowest BCUT2D eigenvalue weighted by molar-refractivity contribution is 0.0938. The van der Waals surface area contributed by atoms with Crippen molar-refractivity contribution in [3.8, 4) is 0 Å². The molecule has 0 saturated heterocycles. The molecule has 2 unspecified atom stereocenters. The van der Waals surface area contributed by atoms with Gasteiger partial charge in [0.1, 0.15) is 5.56 Å². The number of aliphatic hydroxyl groups excluding tert-OH is 1. The maximum Gasteiger partial charge on any atom is 0.260 e. The molecule has 0 bridgehead atoms. The molecule has 1 aromatic rings. The van der Waals surface area contributed by atoms with Crippen LogP contribution in [0.5, 0.6) is 0 Å². The first-order valence-electron chi connectivity index (χ1n) is 5.64. The fourth-order valence-corrected chi connectivity index (χ4v) is 1.63. The Bertz CT molecular complexity index is 426. The Morgan fingerprint density at radius 1 is 1.53 bits per heavy atom. The number of amides is 1. The summed E-state index contributed by atoms with van der Waals surface area (Å²) in [6.07, 6.45) is 1.71. The minimum absolute atomic E-state index is 0.108. The van der Waals surface area contributed by atoms with Gasteiger partial charge in [0, 0.05) is 12.7 Å². The zero-order valence-corrected chi connectivity index (χ0v) is 10.1. The summed E-state index contributed by atoms with van der Waals surface area (Å²) in [5.74, 6) is -0.217. The van der Waals surface area contributed by atoms with Crippen molar-refractivity contribution >= 4 is 5.91 Å². The number of carbonyl (C=O) groups is 1. The summed E-state index contributed by atoms with van der Waals surface area (Å²) >= 11 is 0. The first-order valence-corrected chi connectivity index (χ1v) is 5.64. The van der Waals surface area contributed by atoms with Gasteiger partial charge in [-0.25, -0.2) is 0 Å². The van der Waals surface area contributed by atoms with Crippen molar-refractivity contribution in [3.63, 3.8) is 0 Å². The van der Waals surface area contributed by atoms with E-state index in [1.807, 2.05) is 6.92 Å². The van der Waals surface area contributed by atoms with Gasteiger partial charge in [0.25, 0.3) is 11.5 Å². The molecule has 0 aromatic carbocycles. The van der Waals surface area contributed by atoms with E-state index >= 15 is 0 Å². The number of H-pyrrole nitrogens is 1. The van der Waals surface area contributed by atoms with E-state index in [1.165, 1.54) is 12.3 Å². The quantitative estimate of drug-likeness (QED) is 0.699. The van der Waals surface area contributed by atoms with Crippen LogP contribution in [0.15, 0.2) is 23.1 Å². The molecule has 0 aliphatic rings. The molecule has 0 saturated carbocycles. The van der Waals surface area contributed by atoms with Crippen molar-refractivity contribution in [3.05, 3.63) is 34.2 Å². The predicted molar refractivity (Wildman–Crippen MR) is 64.9 cm³/mol. The number of rotatable bonds is 5. The number of carbonyl (C=O) groups excluding carboxylic acids is 1. The van der Waals surface area contributed by atoms with Crippen LogP contribution in [0, 0.1) is 5.92 Å². The minimum Gasteiger partial charge on any atom is -0.393 e. The topological polar surface area (TPSA) is 82.2 Å². The summed E-state index contributed by atoms with van der Waals surface area (Å²) in [6, 6.07) is 3.09. The maximum atomic E-state index is 11.7. The molecule has 5 nitrogen and oxygen atoms in total. The largest absolute Gasteiger partial charge is 0.393 e. The first kappa shape index (κ1) is 13.4. The molecule has 3 N–H and O–H groups in total. The second-order valence-electron chi connectivity index (χ2n) is 4.31. The first-order chi connectivity index (χ1) is 8.00. The van der Waals surface area contributed by atoms with Crippen molar-refractivity contribution in [1.82, 2.24) is 10.3 Å². The molecule has 0 spiro atoms. The van der Waals surface area contributed by atoms with Crippen LogP contribution in [-0.4, -0.2) is 28.6 Å². The van der Waals surface area contributed by atoms with Crippen molar-refractivity contribution in [2.24, 2.45) is 5.92 Å². The number of nitrogens with one attached hydrogen (secondary N) is 2. The molecule has 1 amide bonds. The van der Waals surface area contributed by atoms with Crippen LogP contribution in [0.1, 0.15) is 30.6 Å². The number of hydrogen-bond donors (Lipinski definition) is 3. The van der Waals surface area contributed by atoms with E-state index in [9.17, 15) is 14.7 Å². The molecule has 1 aromatic heterocycles. The Morgan fingerprint density at radius 2 is 2.24 bits per heavy atom. The Labute approximate surface area is 99.9 Å². The highest BCUT2D eigenvalue weighted by molar-refractivity contribution is 5.93. The Hall–Kier alpha value is -1.62. The van der Waals surface area contributed by atoms with E-state index < -0.39 is 5.56 Å². The summed E-state index contributed by atoms with van der Waals surface area (Å²) in [6.45, 7) is 4.08. The molecule has 0 radical (unpaired) electrons. The molecule has 0 aliphatic carbocycles. The van der Waals surface area contributed by atoms with E-state index in [-0.39, 0.29) is 23.5 Å². The van der Waals surface area contributed by atoms with Crippen LogP contribution in [0.2, 0.25) is 0 Å². The highest BCUT2D eigenvalue weighted by atomic mass is 16.3. The number of aromatic amines is 1. The van der Waals surface area contributed by atoms with Gasteiger partial charge in [-0.2, -0.15) is 0 Å². The smallest absolute Gasteiger partial charge is 0.260 e. The second-order valence-corrected chi connectivity index (χ2v) is 4.31. The number of hydrogen-bond acceptors (Lipinski definition) is 3. The molecule has 17 heavy (non-hydrogen) atoms. The highest BCUT2D eigenvalue weighted by Crippen LogP contribution is 2.04. The standard InChI is InChI=1S/C12H18N2O3/c1-8(6-9(2)15)7-14-12(17)10-4-3-5-13-11(10)16/h3-5,8-9,15H,6-7H2,1-2H3,(H,13,16)(H,14,17). The van der Waals surface area contributed by atoms with E-state index in [0.29, 0.717) is 13.0 Å². The van der Waals surface area contributed by atoms with Crippen molar-refractivity contribution < 1.29 is 9.90 Å². The van der Waals surface area contributed by atoms with E-state index in [4.69, 9.17) is 0 Å². The molecule has 5 heteroatoms. The molecular formula is C12H18N2O3. The predicted octanol–water partition coefficient (Wildman–Crippen LogP) is 0.512. The lowest BCUT2D eigenvalue weighted by Gasteiger charge is -2.13. The zero-order valence-electron chi connectivity index (χ0n) is 10.1. The van der Waals surface area contributed by atoms with Gasteiger partial charge in [-0.1, -0.05) is 6.92 Å². The van der Waals surface area contributed by atoms with Crippen molar-refractivity contribution in [1.29, 1.82) is 0 Å². The lowest BCUT2D eigenvalue weighted by Crippen LogP contribution is -2.33. The summed E-state index contributed by atoms with van der Waals surface area (Å²) in [5.41, 5.74) is -0.287. The van der Waals surface area contributed by atoms with Gasteiger partial charge in [0.2, 0.25) is 0 Å². The number of aromatic nitrogens is 1. The van der Waals surface area contributed by atoms with E-state index in [0.717, 1.165) is 0 Å². The Kier molecular flexibility index (Phi) is 4.90. The Balaban J connectivity index is 2.51. The van der Waals surface area contributed by atoms with Gasteiger partial charge in [-0.05, 0) is 31.4 Å². The number of aliphatic hydroxyl groups is 1. The minimum atomic E-state index is -0.395. The van der Waals surface area contributed by atoms with Crippen molar-refractivity contribution in [2.45, 2.75) is 26.4 Å². The van der Waals surface area contributed by atoms with Crippen LogP contribution in [0.4, 0.5) is 0 Å². The van der Waals surface area contributed by atoms with Gasteiger partial charge in [-0.15, -0.1) is 0 Å². The van der Waals surface area contributed by atoms with Gasteiger partial charge in [0.05, 0.1) is 6.10 Å². The molecule has 94 valence electrons. The summed E-state index contributed by atoms with van der Waals surface area (Å²) in [7, 11) is 0. The SMILES string of the molecule is CC(O)CC(C)CNC(=O)c1ccc[nH]c1=O. The van der Waals surface area contributed by atoms with E-state index in [1.54, 1.807) is 13.0 Å². The maximum absolute atomic E-state index is 11.7. The molecule has 2 atom stereocenters. The average Bonchev–Trinajstić information content (AvgIpc) is 2.25. The van der Waals surface area contributed by atoms with Crippen LogP contribution < -0.4 is 10.9 Å². The van der Waals surface area contributed by atoms with Gasteiger partial charge >= 0.3 is 0 Å². The fraction of sp³-hybridized carbons (Fsp3) is 0.500. The summed E-state index contributed by atoms with van der Waals surface area (Å²) in [5, 5.41) is 11.9. The summed E-state index contributed by atoms with van der Waals surface area (Å²) < 4.78 is 0. The third-order valence-corrected chi connectivity index (χ3v) is 2.42. The molecular weight excluding hydrogens is 220 g/mol. The fourth-order valence-electron chi connectivity index (χ4n) is 1.63. The number of pyridine rings is 1. The highest BCUT2D eigenvalue weighted by Gasteiger charge is 2.11. The second kappa shape index (κ2) is 6.20. The lowest BCUT2D eigenvalue weighted by atomic mass is 10.0.